The minimum Gasteiger partial charge on any atom is -0.457 e. The summed E-state index contributed by atoms with van der Waals surface area (Å²) in [5, 5.41) is 23.4. The monoisotopic (exact) mass is 369 g/mol. The maximum atomic E-state index is 11.9. The molecular weight excluding hydrogens is 354 g/mol. The molecule has 0 aliphatic rings. The Bertz CT molecular complexity index is 954. The van der Waals surface area contributed by atoms with Gasteiger partial charge in [0, 0.05) is 30.8 Å². The van der Waals surface area contributed by atoms with Gasteiger partial charge < -0.3 is 19.8 Å². The van der Waals surface area contributed by atoms with E-state index in [1.807, 2.05) is 0 Å². The van der Waals surface area contributed by atoms with Gasteiger partial charge in [-0.2, -0.15) is 0 Å². The van der Waals surface area contributed by atoms with Crippen molar-refractivity contribution in [3.8, 4) is 11.5 Å². The van der Waals surface area contributed by atoms with Crippen LogP contribution in [0.15, 0.2) is 52.9 Å². The van der Waals surface area contributed by atoms with Crippen molar-refractivity contribution in [2.24, 2.45) is 0 Å². The quantitative estimate of drug-likeness (QED) is 0.502. The van der Waals surface area contributed by atoms with Gasteiger partial charge in [0.2, 0.25) is 11.8 Å². The summed E-state index contributed by atoms with van der Waals surface area (Å²) in [6.45, 7) is 1.76. The molecule has 10 heteroatoms. The van der Waals surface area contributed by atoms with Gasteiger partial charge >= 0.3 is 6.03 Å². The molecule has 0 saturated heterocycles. The first-order valence-corrected chi connectivity index (χ1v) is 7.86. The Balaban J connectivity index is 1.57. The number of hydrogen-bond donors (Lipinski definition) is 2. The first kappa shape index (κ1) is 17.9. The van der Waals surface area contributed by atoms with Crippen LogP contribution in [0.2, 0.25) is 0 Å². The molecule has 0 radical (unpaired) electrons. The number of nitrogens with one attached hydrogen (secondary N) is 2. The van der Waals surface area contributed by atoms with Gasteiger partial charge in [-0.25, -0.2) is 4.79 Å². The van der Waals surface area contributed by atoms with E-state index in [0.29, 0.717) is 29.0 Å². The fraction of sp³-hybridized carbons (Fsp3) is 0.118. The van der Waals surface area contributed by atoms with Gasteiger partial charge in [0.05, 0.1) is 11.5 Å². The summed E-state index contributed by atoms with van der Waals surface area (Å²) < 4.78 is 10.8. The number of aromatic nitrogens is 2. The Morgan fingerprint density at radius 3 is 2.63 bits per heavy atom. The fourth-order valence-electron chi connectivity index (χ4n) is 2.15. The number of benzene rings is 2. The topological polar surface area (TPSA) is 132 Å². The Labute approximate surface area is 153 Å². The molecule has 0 aliphatic heterocycles. The zero-order valence-corrected chi connectivity index (χ0v) is 14.2. The van der Waals surface area contributed by atoms with Crippen LogP contribution < -0.4 is 15.4 Å². The number of non-ortho nitro benzene ring substituents is 1. The van der Waals surface area contributed by atoms with E-state index in [1.54, 1.807) is 31.2 Å². The lowest BCUT2D eigenvalue weighted by Gasteiger charge is -2.09. The number of anilines is 1. The molecule has 0 spiro atoms. The first-order chi connectivity index (χ1) is 13.0. The van der Waals surface area contributed by atoms with Crippen molar-refractivity contribution >= 4 is 17.4 Å². The van der Waals surface area contributed by atoms with Crippen molar-refractivity contribution in [1.29, 1.82) is 0 Å². The molecular formula is C17H15N5O5. The van der Waals surface area contributed by atoms with Crippen LogP contribution in [0.25, 0.3) is 0 Å². The average Bonchev–Trinajstić information content (AvgIpc) is 3.06. The van der Waals surface area contributed by atoms with Crippen LogP contribution in [0.5, 0.6) is 11.5 Å². The minimum absolute atomic E-state index is 0.0223. The molecule has 2 aromatic carbocycles. The molecule has 0 saturated carbocycles. The molecule has 2 N–H and O–H groups in total. The number of ether oxygens (including phenoxy) is 1. The molecule has 10 nitrogen and oxygen atoms in total. The van der Waals surface area contributed by atoms with E-state index in [4.69, 9.17) is 9.15 Å². The molecule has 138 valence electrons. The minimum atomic E-state index is -0.484. The Kier molecular flexibility index (Phi) is 5.26. The smallest absolute Gasteiger partial charge is 0.319 e. The number of nitro groups is 1. The van der Waals surface area contributed by atoms with Crippen molar-refractivity contribution in [2.75, 3.05) is 5.32 Å². The third-order valence-electron chi connectivity index (χ3n) is 3.34. The van der Waals surface area contributed by atoms with Gasteiger partial charge in [0.25, 0.3) is 5.69 Å². The number of amides is 2. The standard InChI is InChI=1S/C17H15N5O5/c1-11-20-21-16(26-11)10-18-17(23)19-12-3-2-4-15(9-12)27-14-7-5-13(6-8-14)22(24)25/h2-9H,10H2,1H3,(H2,18,19,23). The second kappa shape index (κ2) is 7.95. The number of carbonyl (C=O) groups is 1. The third-order valence-corrected chi connectivity index (χ3v) is 3.34. The Morgan fingerprint density at radius 1 is 1.19 bits per heavy atom. The predicted molar refractivity (Wildman–Crippen MR) is 94.5 cm³/mol. The van der Waals surface area contributed by atoms with Gasteiger partial charge in [-0.05, 0) is 24.3 Å². The van der Waals surface area contributed by atoms with Gasteiger partial charge in [-0.3, -0.25) is 10.1 Å². The summed E-state index contributed by atoms with van der Waals surface area (Å²) in [6, 6.07) is 12.0. The lowest BCUT2D eigenvalue weighted by molar-refractivity contribution is -0.384. The van der Waals surface area contributed by atoms with Crippen LogP contribution in [0.4, 0.5) is 16.2 Å². The second-order valence-electron chi connectivity index (χ2n) is 5.40. The van der Waals surface area contributed by atoms with E-state index < -0.39 is 11.0 Å². The van der Waals surface area contributed by atoms with Crippen LogP contribution in [0.1, 0.15) is 11.8 Å². The van der Waals surface area contributed by atoms with Crippen LogP contribution in [-0.2, 0) is 6.54 Å². The second-order valence-corrected chi connectivity index (χ2v) is 5.40. The lowest BCUT2D eigenvalue weighted by Crippen LogP contribution is -2.28. The summed E-state index contributed by atoms with van der Waals surface area (Å²) in [5.41, 5.74) is 0.486. The number of aryl methyl sites for hydroxylation is 1. The van der Waals surface area contributed by atoms with E-state index in [0.717, 1.165) is 0 Å². The van der Waals surface area contributed by atoms with E-state index in [9.17, 15) is 14.9 Å². The summed E-state index contributed by atoms with van der Waals surface area (Å²) >= 11 is 0. The van der Waals surface area contributed by atoms with Crippen LogP contribution in [0, 0.1) is 17.0 Å². The zero-order chi connectivity index (χ0) is 19.2. The van der Waals surface area contributed by atoms with E-state index in [1.165, 1.54) is 24.3 Å². The first-order valence-electron chi connectivity index (χ1n) is 7.86. The SMILES string of the molecule is Cc1nnc(CNC(=O)Nc2cccc(Oc3ccc([N+](=O)[O-])cc3)c2)o1. The zero-order valence-electron chi connectivity index (χ0n) is 14.2. The van der Waals surface area contributed by atoms with E-state index >= 15 is 0 Å². The number of hydrogen-bond acceptors (Lipinski definition) is 7. The molecule has 0 bridgehead atoms. The molecule has 2 amide bonds. The molecule has 0 atom stereocenters. The van der Waals surface area contributed by atoms with Crippen molar-refractivity contribution in [1.82, 2.24) is 15.5 Å². The largest absolute Gasteiger partial charge is 0.457 e. The van der Waals surface area contributed by atoms with Gasteiger partial charge in [0.15, 0.2) is 0 Å². The van der Waals surface area contributed by atoms with Crippen LogP contribution >= 0.6 is 0 Å². The summed E-state index contributed by atoms with van der Waals surface area (Å²) in [4.78, 5) is 22.1. The molecule has 1 aromatic heterocycles. The predicted octanol–water partition coefficient (Wildman–Crippen LogP) is 3.40. The number of nitrogens with zero attached hydrogens (tertiary/aromatic N) is 3. The normalized spacial score (nSPS) is 10.3. The number of carbonyl (C=O) groups excluding carboxylic acids is 1. The lowest BCUT2D eigenvalue weighted by atomic mass is 10.3. The van der Waals surface area contributed by atoms with Crippen LogP contribution in [0.3, 0.4) is 0 Å². The van der Waals surface area contributed by atoms with Crippen molar-refractivity contribution in [3.05, 3.63) is 70.4 Å². The van der Waals surface area contributed by atoms with Gasteiger partial charge in [-0.15, -0.1) is 10.2 Å². The van der Waals surface area contributed by atoms with Crippen molar-refractivity contribution in [2.45, 2.75) is 13.5 Å². The number of urea groups is 1. The highest BCUT2D eigenvalue weighted by molar-refractivity contribution is 5.89. The third kappa shape index (κ3) is 5.01. The molecule has 0 fully saturated rings. The summed E-state index contributed by atoms with van der Waals surface area (Å²) in [7, 11) is 0. The highest BCUT2D eigenvalue weighted by Crippen LogP contribution is 2.25. The number of rotatable bonds is 6. The van der Waals surface area contributed by atoms with Gasteiger partial charge in [0.1, 0.15) is 11.5 Å². The average molecular weight is 369 g/mol. The van der Waals surface area contributed by atoms with Gasteiger partial charge in [-0.1, -0.05) is 6.07 Å². The summed E-state index contributed by atoms with van der Waals surface area (Å²) in [5.74, 6) is 1.63. The maximum Gasteiger partial charge on any atom is 0.319 e. The van der Waals surface area contributed by atoms with E-state index in [-0.39, 0.29) is 12.2 Å². The maximum absolute atomic E-state index is 11.9. The highest BCUT2D eigenvalue weighted by Gasteiger charge is 2.08. The van der Waals surface area contributed by atoms with Crippen molar-refractivity contribution < 1.29 is 18.9 Å². The van der Waals surface area contributed by atoms with Crippen molar-refractivity contribution in [3.63, 3.8) is 0 Å². The highest BCUT2D eigenvalue weighted by atomic mass is 16.6. The molecule has 27 heavy (non-hydrogen) atoms. The molecule has 0 unspecified atom stereocenters. The summed E-state index contributed by atoms with van der Waals surface area (Å²) in [6.07, 6.45) is 0. The Hall–Kier alpha value is -3.95. The molecule has 3 rings (SSSR count). The molecule has 3 aromatic rings. The Morgan fingerprint density at radius 2 is 1.96 bits per heavy atom. The van der Waals surface area contributed by atoms with Crippen LogP contribution in [-0.4, -0.2) is 21.2 Å². The number of nitro benzene ring substituents is 1. The molecule has 1 heterocycles. The fourth-order valence-corrected chi connectivity index (χ4v) is 2.15. The van der Waals surface area contributed by atoms with E-state index in [2.05, 4.69) is 20.8 Å². The molecule has 0 aliphatic carbocycles.